The van der Waals surface area contributed by atoms with Gasteiger partial charge in [-0.25, -0.2) is 5.90 Å². The molecule has 0 heterocycles. The van der Waals surface area contributed by atoms with Gasteiger partial charge in [0.2, 0.25) is 0 Å². The number of aliphatic hydroxyl groups excluding tert-OH is 1. The molecule has 1 unspecified atom stereocenters. The molecule has 0 aliphatic rings. The summed E-state index contributed by atoms with van der Waals surface area (Å²) < 4.78 is 0. The Morgan fingerprint density at radius 3 is 2.69 bits per heavy atom. The average Bonchev–Trinajstić information content (AvgIpc) is 2.16. The maximum absolute atomic E-state index is 8.78. The molecule has 0 fully saturated rings. The predicted octanol–water partition coefficient (Wildman–Crippen LogP) is 1.31. The topological polar surface area (TPSA) is 55.5 Å². The molecule has 13 heavy (non-hydrogen) atoms. The van der Waals surface area contributed by atoms with Crippen molar-refractivity contribution in [1.29, 1.82) is 0 Å². The third-order valence-electron chi connectivity index (χ3n) is 2.09. The van der Waals surface area contributed by atoms with Crippen LogP contribution in [0.5, 0.6) is 0 Å². The quantitative estimate of drug-likeness (QED) is 0.688. The summed E-state index contributed by atoms with van der Waals surface area (Å²) in [6, 6.07) is 7.86. The standard InChI is InChI=1S/C10H15NO2/c1-8-4-2-3-5-9(8)10(13-11)6-7-12/h2-5,10,12H,6-7,11H2,1H3. The van der Waals surface area contributed by atoms with Crippen LogP contribution in [0.4, 0.5) is 0 Å². The maximum Gasteiger partial charge on any atom is 0.106 e. The summed E-state index contributed by atoms with van der Waals surface area (Å²) in [5.41, 5.74) is 2.17. The van der Waals surface area contributed by atoms with Gasteiger partial charge in [0.05, 0.1) is 0 Å². The minimum absolute atomic E-state index is 0.0796. The van der Waals surface area contributed by atoms with E-state index in [4.69, 9.17) is 15.8 Å². The highest BCUT2D eigenvalue weighted by Gasteiger charge is 2.11. The minimum atomic E-state index is -0.203. The Morgan fingerprint density at radius 2 is 2.15 bits per heavy atom. The first-order chi connectivity index (χ1) is 6.29. The lowest BCUT2D eigenvalue weighted by Gasteiger charge is -2.15. The smallest absolute Gasteiger partial charge is 0.106 e. The first-order valence-electron chi connectivity index (χ1n) is 4.31. The molecule has 0 aliphatic carbocycles. The molecule has 1 aromatic rings. The van der Waals surface area contributed by atoms with Crippen LogP contribution >= 0.6 is 0 Å². The number of nitrogens with two attached hydrogens (primary N) is 1. The lowest BCUT2D eigenvalue weighted by Crippen LogP contribution is -2.12. The molecular formula is C10H15NO2. The fraction of sp³-hybridized carbons (Fsp3) is 0.400. The SMILES string of the molecule is Cc1ccccc1C(CCO)ON. The maximum atomic E-state index is 8.78. The summed E-state index contributed by atoms with van der Waals surface area (Å²) in [4.78, 5) is 4.80. The van der Waals surface area contributed by atoms with Crippen LogP contribution in [0, 0.1) is 6.92 Å². The fourth-order valence-electron chi connectivity index (χ4n) is 1.36. The molecule has 72 valence electrons. The van der Waals surface area contributed by atoms with Gasteiger partial charge in [0.15, 0.2) is 0 Å². The molecule has 0 bridgehead atoms. The van der Waals surface area contributed by atoms with E-state index < -0.39 is 0 Å². The molecule has 1 atom stereocenters. The third-order valence-corrected chi connectivity index (χ3v) is 2.09. The monoisotopic (exact) mass is 181 g/mol. The first kappa shape index (κ1) is 10.2. The molecule has 1 aromatic carbocycles. The average molecular weight is 181 g/mol. The van der Waals surface area contributed by atoms with Crippen LogP contribution < -0.4 is 5.90 Å². The molecule has 3 nitrogen and oxygen atoms in total. The Morgan fingerprint density at radius 1 is 1.46 bits per heavy atom. The Labute approximate surface area is 78.1 Å². The molecule has 0 spiro atoms. The van der Waals surface area contributed by atoms with Crippen molar-refractivity contribution in [2.24, 2.45) is 5.90 Å². The zero-order valence-electron chi connectivity index (χ0n) is 7.73. The molecule has 0 saturated carbocycles. The zero-order chi connectivity index (χ0) is 9.68. The number of benzene rings is 1. The van der Waals surface area contributed by atoms with Crippen molar-refractivity contribution >= 4 is 0 Å². The molecule has 3 N–H and O–H groups in total. The number of hydrogen-bond acceptors (Lipinski definition) is 3. The Kier molecular flexibility index (Phi) is 3.89. The van der Waals surface area contributed by atoms with Gasteiger partial charge in [0.25, 0.3) is 0 Å². The Hall–Kier alpha value is -0.900. The van der Waals surface area contributed by atoms with Gasteiger partial charge in [-0.1, -0.05) is 24.3 Å². The summed E-state index contributed by atoms with van der Waals surface area (Å²) in [5.74, 6) is 5.15. The van der Waals surface area contributed by atoms with E-state index in [0.29, 0.717) is 6.42 Å². The number of aryl methyl sites for hydroxylation is 1. The molecule has 0 amide bonds. The Balaban J connectivity index is 2.84. The fourth-order valence-corrected chi connectivity index (χ4v) is 1.36. The van der Waals surface area contributed by atoms with Crippen molar-refractivity contribution < 1.29 is 9.94 Å². The van der Waals surface area contributed by atoms with Gasteiger partial charge in [0, 0.05) is 13.0 Å². The van der Waals surface area contributed by atoms with E-state index in [2.05, 4.69) is 0 Å². The van der Waals surface area contributed by atoms with Gasteiger partial charge in [0.1, 0.15) is 6.10 Å². The number of aliphatic hydroxyl groups is 1. The lowest BCUT2D eigenvalue weighted by atomic mass is 10.0. The van der Waals surface area contributed by atoms with E-state index in [1.807, 2.05) is 31.2 Å². The summed E-state index contributed by atoms with van der Waals surface area (Å²) in [7, 11) is 0. The van der Waals surface area contributed by atoms with Crippen LogP contribution in [0.2, 0.25) is 0 Å². The van der Waals surface area contributed by atoms with E-state index in [-0.39, 0.29) is 12.7 Å². The van der Waals surface area contributed by atoms with Gasteiger partial charge >= 0.3 is 0 Å². The summed E-state index contributed by atoms with van der Waals surface area (Å²) in [6.07, 6.45) is 0.327. The van der Waals surface area contributed by atoms with Gasteiger partial charge in [-0.05, 0) is 18.1 Å². The zero-order valence-corrected chi connectivity index (χ0v) is 7.73. The summed E-state index contributed by atoms with van der Waals surface area (Å²) in [6.45, 7) is 2.08. The molecule has 0 aliphatic heterocycles. The lowest BCUT2D eigenvalue weighted by molar-refractivity contribution is 0.0338. The summed E-state index contributed by atoms with van der Waals surface area (Å²) >= 11 is 0. The molecule has 0 aromatic heterocycles. The van der Waals surface area contributed by atoms with Crippen LogP contribution in [0.3, 0.4) is 0 Å². The van der Waals surface area contributed by atoms with Crippen LogP contribution in [-0.2, 0) is 4.84 Å². The largest absolute Gasteiger partial charge is 0.396 e. The molecule has 0 saturated heterocycles. The van der Waals surface area contributed by atoms with Crippen molar-refractivity contribution in [1.82, 2.24) is 0 Å². The highest BCUT2D eigenvalue weighted by Crippen LogP contribution is 2.22. The number of rotatable bonds is 4. The van der Waals surface area contributed by atoms with Crippen molar-refractivity contribution in [3.63, 3.8) is 0 Å². The molecular weight excluding hydrogens is 166 g/mol. The highest BCUT2D eigenvalue weighted by atomic mass is 16.6. The van der Waals surface area contributed by atoms with Crippen LogP contribution in [0.15, 0.2) is 24.3 Å². The second-order valence-corrected chi connectivity index (χ2v) is 2.99. The third kappa shape index (κ3) is 2.52. The van der Waals surface area contributed by atoms with Crippen molar-refractivity contribution in [2.75, 3.05) is 6.61 Å². The van der Waals surface area contributed by atoms with Gasteiger partial charge in [-0.3, -0.25) is 4.84 Å². The van der Waals surface area contributed by atoms with E-state index >= 15 is 0 Å². The van der Waals surface area contributed by atoms with Crippen LogP contribution in [0.25, 0.3) is 0 Å². The summed E-state index contributed by atoms with van der Waals surface area (Å²) in [5, 5.41) is 8.78. The van der Waals surface area contributed by atoms with Gasteiger partial charge < -0.3 is 5.11 Å². The minimum Gasteiger partial charge on any atom is -0.396 e. The van der Waals surface area contributed by atoms with Crippen molar-refractivity contribution in [3.8, 4) is 0 Å². The van der Waals surface area contributed by atoms with E-state index in [1.54, 1.807) is 0 Å². The highest BCUT2D eigenvalue weighted by molar-refractivity contribution is 5.27. The normalized spacial score (nSPS) is 12.8. The second kappa shape index (κ2) is 4.97. The van der Waals surface area contributed by atoms with Crippen LogP contribution in [-0.4, -0.2) is 11.7 Å². The molecule has 0 radical (unpaired) electrons. The first-order valence-corrected chi connectivity index (χ1v) is 4.31. The number of hydrogen-bond donors (Lipinski definition) is 2. The molecule has 3 heteroatoms. The van der Waals surface area contributed by atoms with E-state index in [1.165, 1.54) is 0 Å². The van der Waals surface area contributed by atoms with E-state index in [0.717, 1.165) is 11.1 Å². The van der Waals surface area contributed by atoms with E-state index in [9.17, 15) is 0 Å². The predicted molar refractivity (Wildman–Crippen MR) is 50.9 cm³/mol. The van der Waals surface area contributed by atoms with Crippen molar-refractivity contribution in [3.05, 3.63) is 35.4 Å². The second-order valence-electron chi connectivity index (χ2n) is 2.99. The van der Waals surface area contributed by atoms with Crippen molar-refractivity contribution in [2.45, 2.75) is 19.4 Å². The van der Waals surface area contributed by atoms with Crippen LogP contribution in [0.1, 0.15) is 23.7 Å². The van der Waals surface area contributed by atoms with Gasteiger partial charge in [-0.2, -0.15) is 0 Å². The Bertz CT molecular complexity index is 263. The molecule has 1 rings (SSSR count). The van der Waals surface area contributed by atoms with Gasteiger partial charge in [-0.15, -0.1) is 0 Å².